The van der Waals surface area contributed by atoms with E-state index in [0.29, 0.717) is 42.7 Å². The van der Waals surface area contributed by atoms with Crippen LogP contribution < -0.4 is 5.73 Å². The van der Waals surface area contributed by atoms with E-state index >= 15 is 0 Å². The molecule has 1 unspecified atom stereocenters. The number of hydrogen-bond acceptors (Lipinski definition) is 13. The van der Waals surface area contributed by atoms with Gasteiger partial charge < -0.3 is 35.0 Å². The molecule has 0 radical (unpaired) electrons. The Morgan fingerprint density at radius 2 is 0.894 bits per heavy atom. The van der Waals surface area contributed by atoms with Gasteiger partial charge in [-0.25, -0.2) is 0 Å². The lowest BCUT2D eigenvalue weighted by Crippen LogP contribution is -2.54. The minimum atomic E-state index is -3.27. The molecule has 66 heavy (non-hydrogen) atoms. The van der Waals surface area contributed by atoms with Gasteiger partial charge in [-0.1, -0.05) is 20.8 Å². The highest BCUT2D eigenvalue weighted by molar-refractivity contribution is 7.51. The first-order chi connectivity index (χ1) is 30.6. The SMILES string of the molecule is CC(C)N1CC(OP(C)(=O)O)C1.CC(C)N1CCC1.CC(C)N1CC[C@H](N)C1.CC(C)N1C[C@@H](C#N)[C@@H](C)C1.CC(C)N1C[C@@H](O)[C@@H](C#N)C1.CC1CN(C(C)C)C1.CC1CN(C(C)C)C1. The lowest BCUT2D eigenvalue weighted by Gasteiger charge is -2.41. The van der Waals surface area contributed by atoms with E-state index in [1.54, 1.807) is 0 Å². The Labute approximate surface area is 407 Å². The van der Waals surface area contributed by atoms with Gasteiger partial charge in [-0.2, -0.15) is 10.5 Å². The summed E-state index contributed by atoms with van der Waals surface area (Å²) in [6.07, 6.45) is 2.10. The van der Waals surface area contributed by atoms with Crippen LogP contribution in [0.3, 0.4) is 0 Å². The minimum absolute atomic E-state index is 0.0479. The van der Waals surface area contributed by atoms with Crippen LogP contribution >= 0.6 is 7.60 Å². The van der Waals surface area contributed by atoms with Crippen LogP contribution in [0.1, 0.15) is 131 Å². The maximum atomic E-state index is 10.8. The fraction of sp³-hybridized carbons (Fsp3) is 0.961. The van der Waals surface area contributed by atoms with Crippen LogP contribution in [0.5, 0.6) is 0 Å². The van der Waals surface area contributed by atoms with Gasteiger partial charge in [0, 0.05) is 127 Å². The highest BCUT2D eigenvalue weighted by Crippen LogP contribution is 2.40. The standard InChI is InChI=1S/C9H16N2.C8H14N2O.C7H16N2.C7H16NO3P.2C7H15N.C6H13N/c1-7(2)11-5-8(3)9(4-10)6-11;1-6(2)10-4-7(3-9)8(11)5-10;1-6(2)9-4-3-7(8)5-9;1-6(2)8-4-7(5-8)11-12(3,9)10;2*1-6(2)8-4-7(3)5-8;1-6(2)7-4-3-5-7/h7-9H,5-6H2,1-3H3;6-8,11H,4-5H2,1-2H3;6-7H,3-5,8H2,1-2H3;6-7H,4-5H2,1-3H3,(H,9,10);2*6-7H,4-5H2,1-3H3;6H,3-5H2,1-2H3/t8-,9+;7-,8+;7-;;;;/m000..../s1. The Balaban J connectivity index is 0.000000388. The van der Waals surface area contributed by atoms with Crippen LogP contribution in [-0.2, 0) is 9.09 Å². The van der Waals surface area contributed by atoms with Crippen LogP contribution in [0.25, 0.3) is 0 Å². The normalized spacial score (nSPS) is 27.8. The summed E-state index contributed by atoms with van der Waals surface area (Å²) in [6, 6.07) is 9.43. The van der Waals surface area contributed by atoms with E-state index in [0.717, 1.165) is 69.2 Å². The van der Waals surface area contributed by atoms with Gasteiger partial charge in [-0.05, 0) is 147 Å². The molecule has 7 saturated heterocycles. The molecular weight excluding hydrogens is 848 g/mol. The summed E-state index contributed by atoms with van der Waals surface area (Å²) in [7, 11) is -3.27. The van der Waals surface area contributed by atoms with Crippen molar-refractivity contribution in [1.82, 2.24) is 34.3 Å². The van der Waals surface area contributed by atoms with Gasteiger partial charge in [0.25, 0.3) is 0 Å². The number of nitriles is 2. The first-order valence-corrected chi connectivity index (χ1v) is 28.0. The third kappa shape index (κ3) is 24.6. The van der Waals surface area contributed by atoms with Crippen molar-refractivity contribution in [3.63, 3.8) is 0 Å². The summed E-state index contributed by atoms with van der Waals surface area (Å²) in [6.45, 7) is 53.9. The third-order valence-corrected chi connectivity index (χ3v) is 14.6. The Hall–Kier alpha value is -1.23. The van der Waals surface area contributed by atoms with Crippen LogP contribution in [0.2, 0.25) is 0 Å². The fourth-order valence-corrected chi connectivity index (χ4v) is 9.36. The second kappa shape index (κ2) is 31.2. The molecule has 6 atom stereocenters. The molecule has 0 aliphatic carbocycles. The van der Waals surface area contributed by atoms with Gasteiger partial charge in [-0.3, -0.25) is 24.2 Å². The van der Waals surface area contributed by atoms with Crippen molar-refractivity contribution in [3.05, 3.63) is 0 Å². The number of nitrogens with zero attached hydrogens (tertiary/aromatic N) is 9. The molecule has 0 saturated carbocycles. The largest absolute Gasteiger partial charge is 0.390 e. The number of likely N-dealkylation sites (tertiary alicyclic amines) is 7. The highest BCUT2D eigenvalue weighted by Gasteiger charge is 2.34. The van der Waals surface area contributed by atoms with Gasteiger partial charge in [0.2, 0.25) is 0 Å². The molecule has 7 heterocycles. The Bertz CT molecular complexity index is 1350. The zero-order chi connectivity index (χ0) is 50.6. The lowest BCUT2D eigenvalue weighted by atomic mass is 10.0. The molecule has 7 aliphatic heterocycles. The molecule has 0 spiro atoms. The molecule has 14 nitrogen and oxygen atoms in total. The second-order valence-electron chi connectivity index (χ2n) is 22.6. The minimum Gasteiger partial charge on any atom is -0.390 e. The van der Waals surface area contributed by atoms with E-state index < -0.39 is 13.7 Å². The predicted molar refractivity (Wildman–Crippen MR) is 276 cm³/mol. The van der Waals surface area contributed by atoms with Gasteiger partial charge in [0.15, 0.2) is 0 Å². The summed E-state index contributed by atoms with van der Waals surface area (Å²) in [5.41, 5.74) is 5.72. The number of nitrogens with two attached hydrogens (primary N) is 1. The van der Waals surface area contributed by atoms with Crippen molar-refractivity contribution in [2.75, 3.05) is 98.3 Å². The topological polar surface area (TPSA) is 163 Å². The van der Waals surface area contributed by atoms with Crippen molar-refractivity contribution < 1.29 is 19.1 Å². The summed E-state index contributed by atoms with van der Waals surface area (Å²) in [5, 5.41) is 26.7. The molecule has 0 amide bonds. The Morgan fingerprint density at radius 3 is 1.09 bits per heavy atom. The molecule has 0 bridgehead atoms. The lowest BCUT2D eigenvalue weighted by molar-refractivity contribution is -0.00458. The van der Waals surface area contributed by atoms with Crippen molar-refractivity contribution >= 4 is 7.60 Å². The first kappa shape index (κ1) is 62.8. The maximum absolute atomic E-state index is 10.8. The molecule has 0 aromatic carbocycles. The summed E-state index contributed by atoms with van der Waals surface area (Å²) >= 11 is 0. The van der Waals surface area contributed by atoms with E-state index in [-0.39, 0.29) is 17.9 Å². The van der Waals surface area contributed by atoms with Crippen LogP contribution in [0, 0.1) is 52.3 Å². The average Bonchev–Trinajstić information content (AvgIpc) is 3.88. The molecule has 7 fully saturated rings. The Morgan fingerprint density at radius 1 is 0.530 bits per heavy atom. The van der Waals surface area contributed by atoms with Crippen molar-refractivity contribution in [3.8, 4) is 12.1 Å². The van der Waals surface area contributed by atoms with Gasteiger partial charge in [0.1, 0.15) is 0 Å². The maximum Gasteiger partial charge on any atom is 0.325 e. The monoisotopic (exact) mass is 953 g/mol. The van der Waals surface area contributed by atoms with E-state index in [1.807, 2.05) is 0 Å². The van der Waals surface area contributed by atoms with Crippen LogP contribution in [0.15, 0.2) is 0 Å². The van der Waals surface area contributed by atoms with Gasteiger partial charge in [0.05, 0.1) is 36.2 Å². The van der Waals surface area contributed by atoms with E-state index in [9.17, 15) is 9.67 Å². The van der Waals surface area contributed by atoms with E-state index in [4.69, 9.17) is 25.7 Å². The van der Waals surface area contributed by atoms with Crippen molar-refractivity contribution in [1.29, 1.82) is 10.5 Å². The first-order valence-electron chi connectivity index (χ1n) is 26.0. The number of aliphatic hydroxyl groups excluding tert-OH is 1. The molecule has 4 N–H and O–H groups in total. The average molecular weight is 953 g/mol. The van der Waals surface area contributed by atoms with E-state index in [2.05, 4.69) is 164 Å². The molecule has 0 aromatic rings. The summed E-state index contributed by atoms with van der Waals surface area (Å²) in [4.78, 5) is 25.5. The third-order valence-electron chi connectivity index (χ3n) is 14.0. The number of rotatable bonds is 9. The number of aliphatic hydroxyl groups is 1. The zero-order valence-electron chi connectivity index (χ0n) is 45.7. The van der Waals surface area contributed by atoms with Crippen LogP contribution in [0.4, 0.5) is 0 Å². The smallest absolute Gasteiger partial charge is 0.325 e. The highest BCUT2D eigenvalue weighted by atomic mass is 31.2. The molecular formula is C51H105N10O4P. The summed E-state index contributed by atoms with van der Waals surface area (Å²) in [5.74, 6) is 2.55. The quantitative estimate of drug-likeness (QED) is 0.206. The molecule has 7 rings (SSSR count). The Kier molecular flexibility index (Phi) is 29.7. The molecule has 7 aliphatic rings. The van der Waals surface area contributed by atoms with Crippen molar-refractivity contribution in [2.45, 2.75) is 191 Å². The molecule has 0 aromatic heterocycles. The zero-order valence-corrected chi connectivity index (χ0v) is 46.6. The van der Waals surface area contributed by atoms with Gasteiger partial charge >= 0.3 is 7.60 Å². The van der Waals surface area contributed by atoms with Gasteiger partial charge in [-0.15, -0.1) is 0 Å². The second-order valence-corrected chi connectivity index (χ2v) is 24.4. The van der Waals surface area contributed by atoms with Crippen LogP contribution in [-0.4, -0.2) is 203 Å². The predicted octanol–water partition coefficient (Wildman–Crippen LogP) is 6.83. The number of β-amino-alcohol motifs (C(OH)–C–C–N with tert-alkyl or cyclic N) is 1. The fourth-order valence-electron chi connectivity index (χ4n) is 8.67. The summed E-state index contributed by atoms with van der Waals surface area (Å²) < 4.78 is 15.7. The number of hydrogen-bond donors (Lipinski definition) is 3. The molecule has 388 valence electrons. The van der Waals surface area contributed by atoms with E-state index in [1.165, 1.54) is 65.3 Å². The molecule has 15 heteroatoms. The van der Waals surface area contributed by atoms with Crippen molar-refractivity contribution in [2.24, 2.45) is 35.3 Å².